The predicted molar refractivity (Wildman–Crippen MR) is 136 cm³/mol. The Morgan fingerprint density at radius 1 is 1.00 bits per heavy atom. The molecule has 0 spiro atoms. The first kappa shape index (κ1) is 25.6. The lowest BCUT2D eigenvalue weighted by atomic mass is 10.0. The Hall–Kier alpha value is -3.02. The minimum atomic E-state index is -0.747. The van der Waals surface area contributed by atoms with Crippen LogP contribution in [0.5, 0.6) is 5.75 Å². The Morgan fingerprint density at radius 2 is 1.71 bits per heavy atom. The first-order valence-corrected chi connectivity index (χ1v) is 11.9. The highest BCUT2D eigenvalue weighted by atomic mass is 35.5. The standard InChI is InChI=1S/C27H28Cl2N2O3/c1-3-30-27(33)25(15-20-7-5-4-6-8-20)31(17-21-11-12-22(28)16-24(21)29)26(32)18-34-23-13-9-19(2)10-14-23/h4-14,16,25H,3,15,17-18H2,1-2H3,(H,30,33)/t25-/m1/s1. The maximum Gasteiger partial charge on any atom is 0.261 e. The number of nitrogens with one attached hydrogen (secondary N) is 1. The first-order chi connectivity index (χ1) is 16.4. The monoisotopic (exact) mass is 498 g/mol. The molecule has 2 amide bonds. The van der Waals surface area contributed by atoms with E-state index in [1.165, 1.54) is 4.90 Å². The molecule has 1 N–H and O–H groups in total. The normalized spacial score (nSPS) is 11.5. The summed E-state index contributed by atoms with van der Waals surface area (Å²) in [5.74, 6) is 0.0277. The molecule has 3 aromatic carbocycles. The predicted octanol–water partition coefficient (Wildman–Crippen LogP) is 5.46. The molecule has 34 heavy (non-hydrogen) atoms. The van der Waals surface area contributed by atoms with Gasteiger partial charge in [-0.2, -0.15) is 0 Å². The van der Waals surface area contributed by atoms with Crippen molar-refractivity contribution in [3.05, 3.63) is 99.5 Å². The lowest BCUT2D eigenvalue weighted by molar-refractivity contribution is -0.142. The van der Waals surface area contributed by atoms with Gasteiger partial charge in [-0.1, -0.05) is 77.3 Å². The molecule has 0 aliphatic carbocycles. The zero-order valence-electron chi connectivity index (χ0n) is 19.3. The van der Waals surface area contributed by atoms with Crippen molar-refractivity contribution in [2.45, 2.75) is 32.9 Å². The van der Waals surface area contributed by atoms with Gasteiger partial charge in [-0.25, -0.2) is 0 Å². The van der Waals surface area contributed by atoms with E-state index in [4.69, 9.17) is 27.9 Å². The van der Waals surface area contributed by atoms with E-state index in [1.54, 1.807) is 18.2 Å². The molecule has 0 fully saturated rings. The van der Waals surface area contributed by atoms with Gasteiger partial charge in [0.15, 0.2) is 6.61 Å². The Balaban J connectivity index is 1.91. The van der Waals surface area contributed by atoms with E-state index < -0.39 is 6.04 Å². The minimum Gasteiger partial charge on any atom is -0.484 e. The second-order valence-electron chi connectivity index (χ2n) is 7.96. The van der Waals surface area contributed by atoms with Crippen molar-refractivity contribution in [2.75, 3.05) is 13.2 Å². The average molecular weight is 499 g/mol. The molecule has 0 radical (unpaired) electrons. The average Bonchev–Trinajstić information content (AvgIpc) is 2.82. The Bertz CT molecular complexity index is 1100. The Morgan fingerprint density at radius 3 is 2.35 bits per heavy atom. The summed E-state index contributed by atoms with van der Waals surface area (Å²) in [6.45, 7) is 4.21. The number of aryl methyl sites for hydroxylation is 1. The topological polar surface area (TPSA) is 58.6 Å². The molecule has 0 aromatic heterocycles. The van der Waals surface area contributed by atoms with Gasteiger partial charge in [-0.05, 0) is 49.2 Å². The zero-order valence-corrected chi connectivity index (χ0v) is 20.8. The van der Waals surface area contributed by atoms with Gasteiger partial charge in [-0.15, -0.1) is 0 Å². The van der Waals surface area contributed by atoms with Crippen molar-refractivity contribution in [1.82, 2.24) is 10.2 Å². The van der Waals surface area contributed by atoms with Crippen molar-refractivity contribution in [2.24, 2.45) is 0 Å². The number of halogens is 2. The number of ether oxygens (including phenoxy) is 1. The van der Waals surface area contributed by atoms with Crippen LogP contribution in [0.25, 0.3) is 0 Å². The van der Waals surface area contributed by atoms with Crippen LogP contribution in [-0.2, 0) is 22.6 Å². The molecule has 3 aromatic rings. The van der Waals surface area contributed by atoms with Crippen LogP contribution in [0.15, 0.2) is 72.8 Å². The summed E-state index contributed by atoms with van der Waals surface area (Å²) in [4.78, 5) is 28.1. The van der Waals surface area contributed by atoms with Crippen molar-refractivity contribution in [3.63, 3.8) is 0 Å². The van der Waals surface area contributed by atoms with Crippen LogP contribution in [0.2, 0.25) is 10.0 Å². The van der Waals surface area contributed by atoms with E-state index in [9.17, 15) is 9.59 Å². The molecule has 0 saturated carbocycles. The fraction of sp³-hybridized carbons (Fsp3) is 0.259. The molecular formula is C27H28Cl2N2O3. The maximum absolute atomic E-state index is 13.5. The molecule has 1 atom stereocenters. The van der Waals surface area contributed by atoms with Crippen LogP contribution in [0.1, 0.15) is 23.6 Å². The number of hydrogen-bond donors (Lipinski definition) is 1. The van der Waals surface area contributed by atoms with Crippen LogP contribution >= 0.6 is 23.2 Å². The maximum atomic E-state index is 13.5. The third-order valence-electron chi connectivity index (χ3n) is 5.36. The number of likely N-dealkylation sites (N-methyl/N-ethyl adjacent to an activating group) is 1. The second-order valence-corrected chi connectivity index (χ2v) is 8.80. The van der Waals surface area contributed by atoms with Crippen LogP contribution in [0.4, 0.5) is 0 Å². The number of rotatable bonds is 10. The van der Waals surface area contributed by atoms with Crippen LogP contribution < -0.4 is 10.1 Å². The highest BCUT2D eigenvalue weighted by Crippen LogP contribution is 2.24. The zero-order chi connectivity index (χ0) is 24.5. The second kappa shape index (κ2) is 12.4. The first-order valence-electron chi connectivity index (χ1n) is 11.1. The quantitative estimate of drug-likeness (QED) is 0.403. The number of carbonyl (C=O) groups excluding carboxylic acids is 2. The van der Waals surface area contributed by atoms with Crippen LogP contribution in [-0.4, -0.2) is 35.9 Å². The number of benzene rings is 3. The summed E-state index contributed by atoms with van der Waals surface area (Å²) < 4.78 is 5.75. The van der Waals surface area contributed by atoms with E-state index in [0.717, 1.165) is 11.1 Å². The van der Waals surface area contributed by atoms with Crippen LogP contribution in [0.3, 0.4) is 0 Å². The van der Waals surface area contributed by atoms with Gasteiger partial charge in [0.2, 0.25) is 5.91 Å². The van der Waals surface area contributed by atoms with Gasteiger partial charge in [0.1, 0.15) is 11.8 Å². The molecule has 0 aliphatic heterocycles. The van der Waals surface area contributed by atoms with Crippen molar-refractivity contribution in [3.8, 4) is 5.75 Å². The van der Waals surface area contributed by atoms with E-state index in [0.29, 0.717) is 34.3 Å². The summed E-state index contributed by atoms with van der Waals surface area (Å²) in [6, 6.07) is 21.4. The van der Waals surface area contributed by atoms with Gasteiger partial charge in [0.05, 0.1) is 0 Å². The molecule has 0 heterocycles. The molecule has 5 nitrogen and oxygen atoms in total. The van der Waals surface area contributed by atoms with Crippen molar-refractivity contribution < 1.29 is 14.3 Å². The molecule has 7 heteroatoms. The summed E-state index contributed by atoms with van der Waals surface area (Å²) in [6.07, 6.45) is 0.355. The molecule has 0 bridgehead atoms. The summed E-state index contributed by atoms with van der Waals surface area (Å²) >= 11 is 12.5. The summed E-state index contributed by atoms with van der Waals surface area (Å²) in [7, 11) is 0. The third kappa shape index (κ3) is 7.24. The van der Waals surface area contributed by atoms with Crippen molar-refractivity contribution in [1.29, 1.82) is 0 Å². The molecule has 3 rings (SSSR count). The van der Waals surface area contributed by atoms with Crippen molar-refractivity contribution >= 4 is 35.0 Å². The summed E-state index contributed by atoms with van der Waals surface area (Å²) in [5, 5.41) is 3.79. The smallest absolute Gasteiger partial charge is 0.261 e. The van der Waals surface area contributed by atoms with Crippen LogP contribution in [0, 0.1) is 6.92 Å². The third-order valence-corrected chi connectivity index (χ3v) is 5.95. The van der Waals surface area contributed by atoms with Gasteiger partial charge < -0.3 is 15.0 Å². The summed E-state index contributed by atoms with van der Waals surface area (Å²) in [5.41, 5.74) is 2.73. The number of carbonyl (C=O) groups is 2. The van der Waals surface area contributed by atoms with Gasteiger partial charge >= 0.3 is 0 Å². The SMILES string of the molecule is CCNC(=O)[C@@H](Cc1ccccc1)N(Cc1ccc(Cl)cc1Cl)C(=O)COc1ccc(C)cc1. The van der Waals surface area contributed by atoms with E-state index in [1.807, 2.05) is 68.4 Å². The largest absolute Gasteiger partial charge is 0.484 e. The highest BCUT2D eigenvalue weighted by molar-refractivity contribution is 6.35. The fourth-order valence-corrected chi connectivity index (χ4v) is 4.01. The lowest BCUT2D eigenvalue weighted by Gasteiger charge is -2.31. The molecule has 0 aliphatic rings. The lowest BCUT2D eigenvalue weighted by Crippen LogP contribution is -2.51. The Kier molecular flexibility index (Phi) is 9.37. The number of amides is 2. The van der Waals surface area contributed by atoms with Gasteiger partial charge in [0.25, 0.3) is 5.91 Å². The Labute approximate surface area is 210 Å². The molecule has 0 saturated heterocycles. The molecule has 178 valence electrons. The minimum absolute atomic E-state index is 0.140. The molecule has 0 unspecified atom stereocenters. The van der Waals surface area contributed by atoms with Gasteiger partial charge in [-0.3, -0.25) is 9.59 Å². The number of hydrogen-bond acceptors (Lipinski definition) is 3. The number of nitrogens with zero attached hydrogens (tertiary/aromatic N) is 1. The fourth-order valence-electron chi connectivity index (χ4n) is 3.54. The van der Waals surface area contributed by atoms with E-state index in [2.05, 4.69) is 5.32 Å². The highest BCUT2D eigenvalue weighted by Gasteiger charge is 2.31. The molecular weight excluding hydrogens is 471 g/mol. The van der Waals surface area contributed by atoms with Gasteiger partial charge in [0, 0.05) is 29.6 Å². The van der Waals surface area contributed by atoms with E-state index in [-0.39, 0.29) is 25.0 Å². The van der Waals surface area contributed by atoms with E-state index >= 15 is 0 Å².